The Hall–Kier alpha value is -0.900. The second kappa shape index (κ2) is 2.62. The zero-order valence-corrected chi connectivity index (χ0v) is 6.63. The molecule has 0 aliphatic heterocycles. The van der Waals surface area contributed by atoms with Gasteiger partial charge < -0.3 is 4.74 Å². The molecule has 1 aliphatic rings. The topological polar surface area (TPSA) is 39.2 Å². The van der Waals surface area contributed by atoms with E-state index >= 15 is 0 Å². The Labute approximate surface area is 68.0 Å². The van der Waals surface area contributed by atoms with Crippen LogP contribution in [0.25, 0.3) is 0 Å². The van der Waals surface area contributed by atoms with E-state index in [1.165, 1.54) is 11.3 Å². The number of hydrogen-bond donors (Lipinski definition) is 0. The molecule has 0 unspecified atom stereocenters. The van der Waals surface area contributed by atoms with E-state index in [9.17, 15) is 4.79 Å². The van der Waals surface area contributed by atoms with E-state index in [-0.39, 0.29) is 12.1 Å². The third-order valence-corrected chi connectivity index (χ3v) is 2.16. The molecule has 1 aromatic rings. The number of rotatable bonds is 2. The Morgan fingerprint density at radius 1 is 1.73 bits per heavy atom. The van der Waals surface area contributed by atoms with Crippen LogP contribution in [0.5, 0.6) is 0 Å². The summed E-state index contributed by atoms with van der Waals surface area (Å²) in [5.41, 5.74) is 0. The minimum absolute atomic E-state index is 0.173. The molecule has 0 atom stereocenters. The van der Waals surface area contributed by atoms with Crippen molar-refractivity contribution in [2.45, 2.75) is 18.9 Å². The molecule has 1 aliphatic carbocycles. The van der Waals surface area contributed by atoms with Crippen molar-refractivity contribution in [3.63, 3.8) is 0 Å². The fourth-order valence-electron chi connectivity index (χ4n) is 0.712. The van der Waals surface area contributed by atoms with Crippen molar-refractivity contribution in [1.82, 2.24) is 4.98 Å². The molecule has 2 rings (SSSR count). The van der Waals surface area contributed by atoms with Gasteiger partial charge in [-0.05, 0) is 12.8 Å². The van der Waals surface area contributed by atoms with Gasteiger partial charge in [0.15, 0.2) is 0 Å². The Bertz CT molecular complexity index is 253. The lowest BCUT2D eigenvalue weighted by Crippen LogP contribution is -2.05. The van der Waals surface area contributed by atoms with E-state index in [1.54, 1.807) is 11.6 Å². The van der Waals surface area contributed by atoms with Gasteiger partial charge in [0.1, 0.15) is 6.10 Å². The molecule has 1 heterocycles. The third-order valence-electron chi connectivity index (χ3n) is 1.41. The van der Waals surface area contributed by atoms with Crippen LogP contribution in [0.15, 0.2) is 11.6 Å². The number of hydrogen-bond acceptors (Lipinski definition) is 4. The van der Waals surface area contributed by atoms with Crippen LogP contribution >= 0.6 is 11.3 Å². The minimum atomic E-state index is -0.275. The summed E-state index contributed by atoms with van der Waals surface area (Å²) in [4.78, 5) is 14.9. The second-order valence-electron chi connectivity index (χ2n) is 2.44. The van der Waals surface area contributed by atoms with E-state index < -0.39 is 0 Å². The molecule has 0 aromatic carbocycles. The first-order valence-corrected chi connectivity index (χ1v) is 4.35. The van der Waals surface area contributed by atoms with Gasteiger partial charge in [-0.2, -0.15) is 0 Å². The minimum Gasteiger partial charge on any atom is -0.457 e. The lowest BCUT2D eigenvalue weighted by Gasteiger charge is -1.96. The van der Waals surface area contributed by atoms with Crippen LogP contribution in [-0.4, -0.2) is 17.1 Å². The number of ether oxygens (including phenoxy) is 1. The number of carbonyl (C=O) groups excluding carboxylic acids is 1. The summed E-state index contributed by atoms with van der Waals surface area (Å²) in [6, 6.07) is 0. The van der Waals surface area contributed by atoms with Crippen molar-refractivity contribution in [3.05, 3.63) is 16.6 Å². The Morgan fingerprint density at radius 3 is 3.09 bits per heavy atom. The third kappa shape index (κ3) is 1.57. The largest absolute Gasteiger partial charge is 0.457 e. The summed E-state index contributed by atoms with van der Waals surface area (Å²) >= 11 is 1.32. The fraction of sp³-hybridized carbons (Fsp3) is 0.429. The highest BCUT2D eigenvalue weighted by Crippen LogP contribution is 2.24. The van der Waals surface area contributed by atoms with Gasteiger partial charge in [-0.3, -0.25) is 0 Å². The van der Waals surface area contributed by atoms with E-state index in [4.69, 9.17) is 4.74 Å². The number of nitrogens with zero attached hydrogens (tertiary/aromatic N) is 1. The Kier molecular flexibility index (Phi) is 1.62. The Balaban J connectivity index is 1.99. The molecule has 0 radical (unpaired) electrons. The lowest BCUT2D eigenvalue weighted by molar-refractivity contribution is 0.0472. The molecule has 0 N–H and O–H groups in total. The average Bonchev–Trinajstić information content (AvgIpc) is 2.67. The van der Waals surface area contributed by atoms with Crippen molar-refractivity contribution in [3.8, 4) is 0 Å². The van der Waals surface area contributed by atoms with Gasteiger partial charge in [-0.1, -0.05) is 0 Å². The van der Waals surface area contributed by atoms with Crippen LogP contribution < -0.4 is 0 Å². The van der Waals surface area contributed by atoms with E-state index in [2.05, 4.69) is 4.98 Å². The van der Waals surface area contributed by atoms with Gasteiger partial charge in [0, 0.05) is 11.6 Å². The summed E-state index contributed by atoms with van der Waals surface area (Å²) in [7, 11) is 0. The fourth-order valence-corrected chi connectivity index (χ4v) is 1.23. The molecule has 58 valence electrons. The van der Waals surface area contributed by atoms with Gasteiger partial charge in [0.25, 0.3) is 0 Å². The van der Waals surface area contributed by atoms with Gasteiger partial charge in [0.2, 0.25) is 5.01 Å². The predicted octanol–water partition coefficient (Wildman–Crippen LogP) is 1.46. The molecular formula is C7H7NO2S. The second-order valence-corrected chi connectivity index (χ2v) is 3.34. The maximum atomic E-state index is 11.1. The predicted molar refractivity (Wildman–Crippen MR) is 40.6 cm³/mol. The molecule has 1 fully saturated rings. The highest BCUT2D eigenvalue weighted by Gasteiger charge is 2.27. The Morgan fingerprint density at radius 2 is 2.55 bits per heavy atom. The maximum absolute atomic E-state index is 11.1. The summed E-state index contributed by atoms with van der Waals surface area (Å²) in [6.07, 6.45) is 3.80. The van der Waals surface area contributed by atoms with Crippen molar-refractivity contribution in [1.29, 1.82) is 0 Å². The van der Waals surface area contributed by atoms with Gasteiger partial charge >= 0.3 is 5.97 Å². The first-order valence-electron chi connectivity index (χ1n) is 3.47. The van der Waals surface area contributed by atoms with E-state index in [1.807, 2.05) is 0 Å². The summed E-state index contributed by atoms with van der Waals surface area (Å²) < 4.78 is 5.01. The van der Waals surface area contributed by atoms with Crippen molar-refractivity contribution in [2.24, 2.45) is 0 Å². The van der Waals surface area contributed by atoms with Crippen LogP contribution in [-0.2, 0) is 4.74 Å². The smallest absolute Gasteiger partial charge is 0.367 e. The quantitative estimate of drug-likeness (QED) is 0.629. The molecule has 0 saturated heterocycles. The monoisotopic (exact) mass is 169 g/mol. The standard InChI is InChI=1S/C7H7NO2S/c9-7(10-5-1-2-5)6-8-3-4-11-6/h3-5H,1-2H2. The zero-order valence-electron chi connectivity index (χ0n) is 5.82. The normalized spacial score (nSPS) is 16.4. The summed E-state index contributed by atoms with van der Waals surface area (Å²) in [5.74, 6) is -0.275. The SMILES string of the molecule is O=C(OC1CC1)c1nccs1. The molecule has 1 saturated carbocycles. The highest BCUT2D eigenvalue weighted by molar-refractivity contribution is 7.11. The summed E-state index contributed by atoms with van der Waals surface area (Å²) in [6.45, 7) is 0. The van der Waals surface area contributed by atoms with Crippen LogP contribution in [0.2, 0.25) is 0 Å². The highest BCUT2D eigenvalue weighted by atomic mass is 32.1. The molecular weight excluding hydrogens is 162 g/mol. The van der Waals surface area contributed by atoms with Gasteiger partial charge in [-0.15, -0.1) is 11.3 Å². The first kappa shape index (κ1) is 6.79. The van der Waals surface area contributed by atoms with E-state index in [0.717, 1.165) is 12.8 Å². The van der Waals surface area contributed by atoms with Crippen LogP contribution in [0.3, 0.4) is 0 Å². The number of carbonyl (C=O) groups is 1. The van der Waals surface area contributed by atoms with Gasteiger partial charge in [0.05, 0.1) is 0 Å². The summed E-state index contributed by atoms with van der Waals surface area (Å²) in [5, 5.41) is 2.22. The van der Waals surface area contributed by atoms with Crippen LogP contribution in [0, 0.1) is 0 Å². The lowest BCUT2D eigenvalue weighted by atomic mass is 10.7. The van der Waals surface area contributed by atoms with Gasteiger partial charge in [-0.25, -0.2) is 9.78 Å². The number of thiazole rings is 1. The molecule has 11 heavy (non-hydrogen) atoms. The van der Waals surface area contributed by atoms with Crippen molar-refractivity contribution < 1.29 is 9.53 Å². The van der Waals surface area contributed by atoms with Crippen LogP contribution in [0.4, 0.5) is 0 Å². The molecule has 0 spiro atoms. The molecule has 1 aromatic heterocycles. The zero-order chi connectivity index (χ0) is 7.68. The number of aromatic nitrogens is 1. The molecule has 4 heteroatoms. The molecule has 0 bridgehead atoms. The van der Waals surface area contributed by atoms with Crippen molar-refractivity contribution >= 4 is 17.3 Å². The van der Waals surface area contributed by atoms with Crippen molar-refractivity contribution in [2.75, 3.05) is 0 Å². The molecule has 0 amide bonds. The number of esters is 1. The van der Waals surface area contributed by atoms with Crippen LogP contribution in [0.1, 0.15) is 22.6 Å². The maximum Gasteiger partial charge on any atom is 0.367 e. The molecule has 3 nitrogen and oxygen atoms in total. The first-order chi connectivity index (χ1) is 5.36. The van der Waals surface area contributed by atoms with E-state index in [0.29, 0.717) is 5.01 Å². The average molecular weight is 169 g/mol.